The Morgan fingerprint density at radius 2 is 2.04 bits per heavy atom. The molecule has 0 bridgehead atoms. The number of anilines is 1. The molecule has 0 aliphatic carbocycles. The van der Waals surface area contributed by atoms with Gasteiger partial charge in [0.1, 0.15) is 5.52 Å². The number of hydrogen-bond donors (Lipinski definition) is 1. The zero-order valence-electron chi connectivity index (χ0n) is 14.6. The molecule has 0 unspecified atom stereocenters. The predicted molar refractivity (Wildman–Crippen MR) is 98.3 cm³/mol. The van der Waals surface area contributed by atoms with E-state index in [4.69, 9.17) is 11.2 Å². The van der Waals surface area contributed by atoms with Gasteiger partial charge in [-0.2, -0.15) is 16.7 Å². The zero-order valence-corrected chi connectivity index (χ0v) is 15.5. The maximum Gasteiger partial charge on any atom is 0.341 e. The summed E-state index contributed by atoms with van der Waals surface area (Å²) in [5.41, 5.74) is 0.330. The smallest absolute Gasteiger partial charge is 0.341 e. The van der Waals surface area contributed by atoms with E-state index in [0.717, 1.165) is 16.8 Å². The topological polar surface area (TPSA) is 111 Å². The van der Waals surface area contributed by atoms with Gasteiger partial charge in [-0.25, -0.2) is 9.78 Å². The fourth-order valence-corrected chi connectivity index (χ4v) is 4.58. The predicted octanol–water partition coefficient (Wildman–Crippen LogP) is 0.973. The molecular weight excluding hydrogens is 372 g/mol. The van der Waals surface area contributed by atoms with E-state index in [0.29, 0.717) is 13.1 Å². The number of hydrogen-bond acceptors (Lipinski definition) is 6. The van der Waals surface area contributed by atoms with Gasteiger partial charge in [0.05, 0.1) is 11.1 Å². The minimum Gasteiger partial charge on any atom is -0.449 e. The number of rotatable bonds is 5. The van der Waals surface area contributed by atoms with Crippen molar-refractivity contribution >= 4 is 39.1 Å². The van der Waals surface area contributed by atoms with E-state index in [1.165, 1.54) is 29.4 Å². The summed E-state index contributed by atoms with van der Waals surface area (Å²) in [7, 11) is -3.97. The molecule has 0 radical (unpaired) electrons. The highest BCUT2D eigenvalue weighted by Gasteiger charge is 2.32. The van der Waals surface area contributed by atoms with Crippen LogP contribution in [-0.2, 0) is 19.7 Å². The van der Waals surface area contributed by atoms with Crippen LogP contribution < -0.4 is 5.32 Å². The number of amides is 1. The minimum atomic E-state index is -3.97. The number of para-hydroxylation sites is 1. The summed E-state index contributed by atoms with van der Waals surface area (Å²) in [6.07, 6.45) is 6.61. The monoisotopic (exact) mass is 390 g/mol. The van der Waals surface area contributed by atoms with Crippen LogP contribution in [0.25, 0.3) is 11.0 Å². The van der Waals surface area contributed by atoms with Crippen molar-refractivity contribution in [3.8, 4) is 12.3 Å². The number of carbonyl (C=O) groups excluding carboxylic acids is 2. The Hall–Kier alpha value is -2.90. The van der Waals surface area contributed by atoms with Crippen LogP contribution in [0.1, 0.15) is 30.1 Å². The molecule has 1 aromatic heterocycles. The molecule has 2 aromatic rings. The highest BCUT2D eigenvalue weighted by Crippen LogP contribution is 2.28. The quantitative estimate of drug-likeness (QED) is 0.602. The van der Waals surface area contributed by atoms with Crippen LogP contribution in [0.5, 0.6) is 0 Å². The highest BCUT2D eigenvalue weighted by atomic mass is 32.2. The Labute approximate surface area is 156 Å². The Bertz CT molecular complexity index is 1050. The number of imidazole rings is 1. The maximum atomic E-state index is 13.1. The molecule has 1 fully saturated rings. The molecule has 0 spiro atoms. The summed E-state index contributed by atoms with van der Waals surface area (Å²) in [5.74, 6) is 0.801. The van der Waals surface area contributed by atoms with Crippen LogP contribution in [0, 0.1) is 12.3 Å². The first-order valence-electron chi connectivity index (χ1n) is 8.26. The van der Waals surface area contributed by atoms with Crippen molar-refractivity contribution in [1.29, 1.82) is 0 Å². The zero-order chi connectivity index (χ0) is 19.6. The van der Waals surface area contributed by atoms with E-state index in [1.807, 2.05) is 0 Å². The Kier molecular flexibility index (Phi) is 5.16. The number of terminal acetylenes is 1. The van der Waals surface area contributed by atoms with Gasteiger partial charge in [-0.1, -0.05) is 12.0 Å². The van der Waals surface area contributed by atoms with E-state index >= 15 is 0 Å². The number of carbonyl (C=O) groups is 2. The molecule has 27 heavy (non-hydrogen) atoms. The molecule has 0 atom stereocenters. The van der Waals surface area contributed by atoms with Gasteiger partial charge < -0.3 is 4.74 Å². The van der Waals surface area contributed by atoms with E-state index in [-0.39, 0.29) is 29.2 Å². The fourth-order valence-electron chi connectivity index (χ4n) is 2.93. The van der Waals surface area contributed by atoms with Gasteiger partial charge >= 0.3 is 16.2 Å². The summed E-state index contributed by atoms with van der Waals surface area (Å²) in [6.45, 7) is 1.78. The number of benzene rings is 1. The molecule has 1 aromatic carbocycles. The summed E-state index contributed by atoms with van der Waals surface area (Å²) in [5, 5.41) is 2.42. The second-order valence-electron chi connectivity index (χ2n) is 5.95. The van der Waals surface area contributed by atoms with Crippen LogP contribution >= 0.6 is 0 Å². The van der Waals surface area contributed by atoms with Gasteiger partial charge in [0, 0.05) is 20.0 Å². The van der Waals surface area contributed by atoms with Gasteiger partial charge in [-0.3, -0.25) is 10.1 Å². The Morgan fingerprint density at radius 3 is 2.67 bits per heavy atom. The number of fused-ring (bicyclic) bond motifs is 1. The molecule has 142 valence electrons. The largest absolute Gasteiger partial charge is 0.449 e. The molecule has 1 aliphatic heterocycles. The van der Waals surface area contributed by atoms with Crippen LogP contribution in [0.2, 0.25) is 0 Å². The van der Waals surface area contributed by atoms with Gasteiger partial charge in [0.15, 0.2) is 6.61 Å². The first-order chi connectivity index (χ1) is 12.9. The standard InChI is InChI=1S/C17H18N4O5S/c1-3-11-26-16(23)13-7-6-8-14-15(13)19-17(18-12(2)22)21(14)27(24,25)20-9-4-5-10-20/h1,6-8H,4-5,9-11H2,2H3,(H,18,19,22). The lowest BCUT2D eigenvalue weighted by molar-refractivity contribution is -0.114. The minimum absolute atomic E-state index is 0.0599. The molecule has 0 saturated carbocycles. The van der Waals surface area contributed by atoms with Crippen LogP contribution in [0.3, 0.4) is 0 Å². The molecular formula is C17H18N4O5S. The van der Waals surface area contributed by atoms with Gasteiger partial charge in [0.25, 0.3) is 0 Å². The molecule has 1 N–H and O–H groups in total. The molecule has 3 rings (SSSR count). The molecule has 1 saturated heterocycles. The van der Waals surface area contributed by atoms with Crippen molar-refractivity contribution in [2.45, 2.75) is 19.8 Å². The van der Waals surface area contributed by atoms with Crippen molar-refractivity contribution in [2.75, 3.05) is 25.0 Å². The molecule has 2 heterocycles. The van der Waals surface area contributed by atoms with Crippen molar-refractivity contribution < 1.29 is 22.7 Å². The number of nitrogens with zero attached hydrogens (tertiary/aromatic N) is 3. The lowest BCUT2D eigenvalue weighted by atomic mass is 10.2. The number of aromatic nitrogens is 2. The summed E-state index contributed by atoms with van der Waals surface area (Å²) < 4.78 is 33.4. The third-order valence-electron chi connectivity index (χ3n) is 4.06. The highest BCUT2D eigenvalue weighted by molar-refractivity contribution is 7.87. The molecule has 10 heteroatoms. The number of esters is 1. The van der Waals surface area contributed by atoms with E-state index in [1.54, 1.807) is 0 Å². The molecule has 1 aliphatic rings. The third-order valence-corrected chi connectivity index (χ3v) is 5.91. The summed E-state index contributed by atoms with van der Waals surface area (Å²) >= 11 is 0. The van der Waals surface area contributed by atoms with E-state index < -0.39 is 22.1 Å². The Balaban J connectivity index is 2.21. The normalized spacial score (nSPS) is 14.8. The first kappa shape index (κ1) is 18.9. The third kappa shape index (κ3) is 3.51. The Morgan fingerprint density at radius 1 is 1.33 bits per heavy atom. The number of nitrogens with one attached hydrogen (secondary N) is 1. The lowest BCUT2D eigenvalue weighted by Gasteiger charge is -2.18. The average molecular weight is 390 g/mol. The second-order valence-corrected chi connectivity index (χ2v) is 7.73. The van der Waals surface area contributed by atoms with Crippen molar-refractivity contribution in [1.82, 2.24) is 13.3 Å². The van der Waals surface area contributed by atoms with Crippen molar-refractivity contribution in [2.24, 2.45) is 0 Å². The van der Waals surface area contributed by atoms with E-state index in [2.05, 4.69) is 16.2 Å². The summed E-state index contributed by atoms with van der Waals surface area (Å²) in [4.78, 5) is 28.0. The molecule has 1 amide bonds. The van der Waals surface area contributed by atoms with E-state index in [9.17, 15) is 18.0 Å². The SMILES string of the molecule is C#CCOC(=O)c1cccc2c1nc(NC(C)=O)n2S(=O)(=O)N1CCCC1. The van der Waals surface area contributed by atoms with Crippen LogP contribution in [0.4, 0.5) is 5.95 Å². The van der Waals surface area contributed by atoms with Crippen LogP contribution in [-0.4, -0.2) is 53.3 Å². The van der Waals surface area contributed by atoms with Crippen LogP contribution in [0.15, 0.2) is 18.2 Å². The van der Waals surface area contributed by atoms with Crippen molar-refractivity contribution in [3.05, 3.63) is 23.8 Å². The fraction of sp³-hybridized carbons (Fsp3) is 0.353. The first-order valence-corrected chi connectivity index (χ1v) is 9.66. The van der Waals surface area contributed by atoms with Gasteiger partial charge in [-0.15, -0.1) is 6.42 Å². The maximum absolute atomic E-state index is 13.1. The molecule has 9 nitrogen and oxygen atoms in total. The van der Waals surface area contributed by atoms with Gasteiger partial charge in [-0.05, 0) is 25.0 Å². The lowest BCUT2D eigenvalue weighted by Crippen LogP contribution is -2.34. The second kappa shape index (κ2) is 7.38. The summed E-state index contributed by atoms with van der Waals surface area (Å²) in [6, 6.07) is 4.49. The number of ether oxygens (including phenoxy) is 1. The van der Waals surface area contributed by atoms with Gasteiger partial charge in [0.2, 0.25) is 11.9 Å². The van der Waals surface area contributed by atoms with Crippen molar-refractivity contribution in [3.63, 3.8) is 0 Å². The average Bonchev–Trinajstić information content (AvgIpc) is 3.26.